The first-order valence-electron chi connectivity index (χ1n) is 10.6. The van der Waals surface area contributed by atoms with Crippen molar-refractivity contribution in [3.63, 3.8) is 0 Å². The van der Waals surface area contributed by atoms with E-state index < -0.39 is 59.5 Å². The van der Waals surface area contributed by atoms with Crippen molar-refractivity contribution in [3.8, 4) is 0 Å². The van der Waals surface area contributed by atoms with Gasteiger partial charge in [-0.05, 0) is 32.4 Å². The largest absolute Gasteiger partial charge is 0.475 e. The maximum Gasteiger partial charge on any atom is 0.337 e. The summed E-state index contributed by atoms with van der Waals surface area (Å²) in [7, 11) is 0. The van der Waals surface area contributed by atoms with E-state index in [-0.39, 0.29) is 23.5 Å². The van der Waals surface area contributed by atoms with Gasteiger partial charge in [0.05, 0.1) is 11.5 Å². The van der Waals surface area contributed by atoms with Gasteiger partial charge in [0, 0.05) is 25.5 Å². The molecule has 0 aliphatic carbocycles. The van der Waals surface area contributed by atoms with Crippen molar-refractivity contribution in [1.29, 1.82) is 0 Å². The van der Waals surface area contributed by atoms with E-state index in [0.29, 0.717) is 5.57 Å². The smallest absolute Gasteiger partial charge is 0.337 e. The fourth-order valence-corrected chi connectivity index (χ4v) is 4.06. The van der Waals surface area contributed by atoms with Gasteiger partial charge in [-0.25, -0.2) is 9.59 Å². The second-order valence-corrected chi connectivity index (χ2v) is 8.35. The molecule has 10 nitrogen and oxygen atoms in total. The van der Waals surface area contributed by atoms with E-state index in [2.05, 4.69) is 6.58 Å². The van der Waals surface area contributed by atoms with Crippen molar-refractivity contribution >= 4 is 29.7 Å². The molecule has 3 aliphatic heterocycles. The molecule has 0 saturated carbocycles. The highest BCUT2D eigenvalue weighted by molar-refractivity contribution is 6.01. The highest BCUT2D eigenvalue weighted by Gasteiger charge is 2.59. The van der Waals surface area contributed by atoms with Crippen molar-refractivity contribution in [2.45, 2.75) is 58.5 Å². The summed E-state index contributed by atoms with van der Waals surface area (Å²) in [6.45, 7) is 10.4. The van der Waals surface area contributed by atoms with Crippen molar-refractivity contribution in [2.75, 3.05) is 6.61 Å². The van der Waals surface area contributed by atoms with E-state index in [1.54, 1.807) is 19.9 Å². The van der Waals surface area contributed by atoms with Gasteiger partial charge in [0.15, 0.2) is 12.2 Å². The van der Waals surface area contributed by atoms with Crippen LogP contribution in [0.15, 0.2) is 47.3 Å². The molecule has 5 atom stereocenters. The first-order chi connectivity index (χ1) is 15.9. The monoisotopic (exact) mass is 474 g/mol. The minimum Gasteiger partial charge on any atom is -0.475 e. The van der Waals surface area contributed by atoms with Crippen molar-refractivity contribution in [2.24, 2.45) is 5.92 Å². The van der Waals surface area contributed by atoms with Gasteiger partial charge in [-0.3, -0.25) is 14.4 Å². The molecule has 0 unspecified atom stereocenters. The highest BCUT2D eigenvalue weighted by Crippen LogP contribution is 2.44. The minimum atomic E-state index is -1.76. The van der Waals surface area contributed by atoms with Crippen molar-refractivity contribution < 1.29 is 47.7 Å². The quantitative estimate of drug-likeness (QED) is 0.329. The van der Waals surface area contributed by atoms with Crippen LogP contribution < -0.4 is 0 Å². The van der Waals surface area contributed by atoms with E-state index in [0.717, 1.165) is 6.92 Å². The zero-order valence-electron chi connectivity index (χ0n) is 19.5. The fourth-order valence-electron chi connectivity index (χ4n) is 4.06. The van der Waals surface area contributed by atoms with Gasteiger partial charge in [-0.15, -0.1) is 0 Å². The molecule has 0 amide bonds. The number of fused-ring (bicyclic) bond motifs is 3. The molecule has 0 N–H and O–H groups in total. The number of hydrogen-bond acceptors (Lipinski definition) is 10. The van der Waals surface area contributed by atoms with Crippen LogP contribution in [0, 0.1) is 5.92 Å². The van der Waals surface area contributed by atoms with Gasteiger partial charge in [0.1, 0.15) is 18.5 Å². The lowest BCUT2D eigenvalue weighted by Crippen LogP contribution is -2.57. The number of ether oxygens (including phenoxy) is 5. The summed E-state index contributed by atoms with van der Waals surface area (Å²) in [6, 6.07) is 0. The normalized spacial score (nSPS) is 32.0. The number of carbonyl (C=O) groups excluding carboxylic acids is 5. The van der Waals surface area contributed by atoms with Gasteiger partial charge < -0.3 is 23.7 Å². The predicted octanol–water partition coefficient (Wildman–Crippen LogP) is 1.64. The average Bonchev–Trinajstić information content (AvgIpc) is 3.21. The SMILES string of the molecule is C=C1C(=O)O[C@@H]2/C=C(/C)C3=CC(=O)[C@](C)(O3)[C@@H](OC(C)=O)[C@@H](OC(=O)/C(=C/C)COC(C)=O)[C@@H]12. The zero-order chi connectivity index (χ0) is 25.4. The van der Waals surface area contributed by atoms with Crippen LogP contribution in [0.1, 0.15) is 34.6 Å². The summed E-state index contributed by atoms with van der Waals surface area (Å²) >= 11 is 0. The molecule has 2 bridgehead atoms. The van der Waals surface area contributed by atoms with Gasteiger partial charge >= 0.3 is 23.9 Å². The van der Waals surface area contributed by atoms with Gasteiger partial charge in [0.2, 0.25) is 11.4 Å². The first kappa shape index (κ1) is 24.9. The van der Waals surface area contributed by atoms with Crippen molar-refractivity contribution in [3.05, 3.63) is 47.3 Å². The van der Waals surface area contributed by atoms with E-state index in [9.17, 15) is 24.0 Å². The maximum absolute atomic E-state index is 13.1. The van der Waals surface area contributed by atoms with Gasteiger partial charge in [-0.1, -0.05) is 12.7 Å². The minimum absolute atomic E-state index is 0.00147. The summed E-state index contributed by atoms with van der Waals surface area (Å²) in [5.74, 6) is -4.27. The topological polar surface area (TPSA) is 132 Å². The second-order valence-electron chi connectivity index (χ2n) is 8.35. The Balaban J connectivity index is 2.12. The maximum atomic E-state index is 13.1. The number of esters is 4. The molecule has 182 valence electrons. The van der Waals surface area contributed by atoms with Crippen LogP contribution in [0.5, 0.6) is 0 Å². The van der Waals surface area contributed by atoms with Gasteiger partial charge in [-0.2, -0.15) is 0 Å². The number of rotatable bonds is 5. The Kier molecular flexibility index (Phi) is 6.81. The fraction of sp³-hybridized carbons (Fsp3) is 0.458. The molecular formula is C24H26O10. The number of hydrogen-bond donors (Lipinski definition) is 0. The lowest BCUT2D eigenvalue weighted by Gasteiger charge is -2.38. The Labute approximate surface area is 196 Å². The molecule has 0 aromatic heterocycles. The Bertz CT molecular complexity index is 1060. The molecule has 1 fully saturated rings. The third-order valence-corrected chi connectivity index (χ3v) is 5.91. The van der Waals surface area contributed by atoms with Crippen LogP contribution >= 0.6 is 0 Å². The van der Waals surface area contributed by atoms with E-state index >= 15 is 0 Å². The standard InChI is InChI=1S/C24H26O10/c1-7-15(10-30-13(4)25)23(29)33-20-19-12(3)22(28)32-17(19)8-11(2)16-9-18(27)24(6,34-16)21(20)31-14(5)26/h7-9,17,19-21H,3,10H2,1-2,4-6H3/b11-8-,15-7+/t17-,19+,20+,21+,24+/m1/s1. The van der Waals surface area contributed by atoms with E-state index in [4.69, 9.17) is 23.7 Å². The predicted molar refractivity (Wildman–Crippen MR) is 115 cm³/mol. The van der Waals surface area contributed by atoms with Crippen LogP contribution in [-0.4, -0.2) is 60.2 Å². The second kappa shape index (κ2) is 9.28. The molecule has 0 aromatic carbocycles. The Morgan fingerprint density at radius 2 is 1.85 bits per heavy atom. The van der Waals surface area contributed by atoms with Gasteiger partial charge in [0.25, 0.3) is 0 Å². The molecule has 0 radical (unpaired) electrons. The lowest BCUT2D eigenvalue weighted by molar-refractivity contribution is -0.193. The average molecular weight is 474 g/mol. The van der Waals surface area contributed by atoms with Crippen LogP contribution in [0.3, 0.4) is 0 Å². The molecule has 0 aromatic rings. The molecule has 34 heavy (non-hydrogen) atoms. The molecule has 1 saturated heterocycles. The third-order valence-electron chi connectivity index (χ3n) is 5.91. The van der Waals surface area contributed by atoms with Crippen molar-refractivity contribution in [1.82, 2.24) is 0 Å². The third kappa shape index (κ3) is 4.52. The summed E-state index contributed by atoms with van der Waals surface area (Å²) in [5, 5.41) is 0. The van der Waals surface area contributed by atoms with Crippen LogP contribution in [0.2, 0.25) is 0 Å². The summed E-state index contributed by atoms with van der Waals surface area (Å²) in [6.07, 6.45) is 0.424. The highest BCUT2D eigenvalue weighted by atomic mass is 16.6. The van der Waals surface area contributed by atoms with E-state index in [1.807, 2.05) is 0 Å². The molecule has 10 heteroatoms. The van der Waals surface area contributed by atoms with Crippen LogP contribution in [0.4, 0.5) is 0 Å². The molecule has 3 heterocycles. The number of allylic oxidation sites excluding steroid dienone is 2. The Morgan fingerprint density at radius 1 is 1.18 bits per heavy atom. The molecule has 0 spiro atoms. The Hall–Kier alpha value is -3.69. The lowest BCUT2D eigenvalue weighted by atomic mass is 9.80. The van der Waals surface area contributed by atoms with Crippen LogP contribution in [-0.2, 0) is 47.7 Å². The summed E-state index contributed by atoms with van der Waals surface area (Å²) in [5.41, 5.74) is -1.27. The molecule has 3 rings (SSSR count). The first-order valence-corrected chi connectivity index (χ1v) is 10.6. The summed E-state index contributed by atoms with van der Waals surface area (Å²) in [4.78, 5) is 61.8. The van der Waals surface area contributed by atoms with Crippen LogP contribution in [0.25, 0.3) is 0 Å². The zero-order valence-corrected chi connectivity index (χ0v) is 19.5. The number of carbonyl (C=O) groups is 5. The molecule has 3 aliphatic rings. The summed E-state index contributed by atoms with van der Waals surface area (Å²) < 4.78 is 27.5. The Morgan fingerprint density at radius 3 is 2.44 bits per heavy atom. The number of ketones is 1. The van der Waals surface area contributed by atoms with E-state index in [1.165, 1.54) is 26.0 Å². The molecular weight excluding hydrogens is 448 g/mol.